The molecule has 0 amide bonds. The first-order valence-corrected chi connectivity index (χ1v) is 8.14. The van der Waals surface area contributed by atoms with Gasteiger partial charge in [-0.1, -0.05) is 22.9 Å². The highest BCUT2D eigenvalue weighted by Gasteiger charge is 2.32. The van der Waals surface area contributed by atoms with Gasteiger partial charge >= 0.3 is 0 Å². The van der Waals surface area contributed by atoms with Gasteiger partial charge in [0.1, 0.15) is 5.15 Å². The van der Waals surface area contributed by atoms with E-state index in [0.717, 1.165) is 0 Å². The van der Waals surface area contributed by atoms with E-state index < -0.39 is 9.84 Å². The zero-order valence-corrected chi connectivity index (χ0v) is 11.6. The molecule has 96 valence electrons. The van der Waals surface area contributed by atoms with Crippen molar-refractivity contribution in [3.8, 4) is 0 Å². The summed E-state index contributed by atoms with van der Waals surface area (Å²) in [5, 5.41) is 9.98. The summed E-state index contributed by atoms with van der Waals surface area (Å²) in [4.78, 5) is 6.57. The lowest BCUT2D eigenvalue weighted by Crippen LogP contribution is -2.32. The van der Waals surface area contributed by atoms with Crippen LogP contribution in [0.3, 0.4) is 0 Å². The quantitative estimate of drug-likeness (QED) is 0.898. The van der Waals surface area contributed by atoms with E-state index in [1.165, 1.54) is 11.3 Å². The molecule has 5 nitrogen and oxygen atoms in total. The van der Waals surface area contributed by atoms with Crippen LogP contribution in [0.4, 0.5) is 5.13 Å². The van der Waals surface area contributed by atoms with Crippen molar-refractivity contribution < 1.29 is 13.5 Å². The van der Waals surface area contributed by atoms with Crippen LogP contribution in [0.2, 0.25) is 5.15 Å². The van der Waals surface area contributed by atoms with Crippen molar-refractivity contribution in [2.45, 2.75) is 19.1 Å². The standard InChI is InChI=1S/C9H13ClN2O3S2/c1-12(6-2-3-17(14,15)5-6)9-11-8(10)7(4-13)16-9/h6,13H,2-5H2,1H3. The Balaban J connectivity index is 2.17. The summed E-state index contributed by atoms with van der Waals surface area (Å²) in [5.41, 5.74) is 0. The lowest BCUT2D eigenvalue weighted by atomic mass is 10.2. The van der Waals surface area contributed by atoms with Crippen molar-refractivity contribution in [2.75, 3.05) is 23.5 Å². The summed E-state index contributed by atoms with van der Waals surface area (Å²) in [6, 6.07) is -0.0474. The molecule has 0 aromatic carbocycles. The highest BCUT2D eigenvalue weighted by molar-refractivity contribution is 7.91. The SMILES string of the molecule is CN(c1nc(Cl)c(CO)s1)C1CCS(=O)(=O)C1. The molecule has 1 aromatic heterocycles. The smallest absolute Gasteiger partial charge is 0.187 e. The maximum atomic E-state index is 11.4. The van der Waals surface area contributed by atoms with Crippen molar-refractivity contribution in [1.82, 2.24) is 4.98 Å². The zero-order chi connectivity index (χ0) is 12.6. The molecule has 1 aromatic rings. The van der Waals surface area contributed by atoms with Gasteiger partial charge in [0.15, 0.2) is 15.0 Å². The first-order valence-electron chi connectivity index (χ1n) is 5.12. The number of nitrogens with zero attached hydrogens (tertiary/aromatic N) is 2. The highest BCUT2D eigenvalue weighted by Crippen LogP contribution is 2.31. The number of rotatable bonds is 3. The predicted octanol–water partition coefficient (Wildman–Crippen LogP) is 0.912. The second-order valence-electron chi connectivity index (χ2n) is 4.04. The lowest BCUT2D eigenvalue weighted by Gasteiger charge is -2.22. The van der Waals surface area contributed by atoms with Gasteiger partial charge in [0.2, 0.25) is 0 Å². The third-order valence-electron chi connectivity index (χ3n) is 2.84. The molecule has 0 saturated carbocycles. The first-order chi connectivity index (χ1) is 7.93. The average molecular weight is 297 g/mol. The molecule has 1 aliphatic heterocycles. The summed E-state index contributed by atoms with van der Waals surface area (Å²) in [6.45, 7) is -0.146. The van der Waals surface area contributed by atoms with Crippen LogP contribution in [-0.2, 0) is 16.4 Å². The molecule has 8 heteroatoms. The Labute approximate surface area is 109 Å². The average Bonchev–Trinajstić information content (AvgIpc) is 2.80. The van der Waals surface area contributed by atoms with Crippen LogP contribution >= 0.6 is 22.9 Å². The topological polar surface area (TPSA) is 70.5 Å². The summed E-state index contributed by atoms with van der Waals surface area (Å²) < 4.78 is 22.8. The van der Waals surface area contributed by atoms with Gasteiger partial charge < -0.3 is 10.0 Å². The highest BCUT2D eigenvalue weighted by atomic mass is 35.5. The number of aliphatic hydroxyl groups excluding tert-OH is 1. The molecule has 1 fully saturated rings. The minimum absolute atomic E-state index is 0.0474. The number of aliphatic hydroxyl groups is 1. The van der Waals surface area contributed by atoms with E-state index in [1.807, 2.05) is 11.9 Å². The molecule has 1 aliphatic rings. The molecule has 2 heterocycles. The van der Waals surface area contributed by atoms with Crippen molar-refractivity contribution in [1.29, 1.82) is 0 Å². The van der Waals surface area contributed by atoms with Crippen LogP contribution < -0.4 is 4.90 Å². The van der Waals surface area contributed by atoms with Gasteiger partial charge in [-0.3, -0.25) is 0 Å². The third-order valence-corrected chi connectivity index (χ3v) is 6.15. The minimum atomic E-state index is -2.90. The number of aromatic nitrogens is 1. The maximum absolute atomic E-state index is 11.4. The Morgan fingerprint density at radius 2 is 2.35 bits per heavy atom. The summed E-state index contributed by atoms with van der Waals surface area (Å²) in [5.74, 6) is 0.392. The Kier molecular flexibility index (Phi) is 3.63. The number of halogens is 1. The molecular formula is C9H13ClN2O3S2. The largest absolute Gasteiger partial charge is 0.391 e. The van der Waals surface area contributed by atoms with E-state index in [0.29, 0.717) is 21.6 Å². The number of sulfone groups is 1. The molecule has 17 heavy (non-hydrogen) atoms. The summed E-state index contributed by atoms with van der Waals surface area (Å²) in [7, 11) is -1.10. The Bertz CT molecular complexity index is 514. The molecule has 0 spiro atoms. The Hall–Kier alpha value is -0.370. The molecule has 0 bridgehead atoms. The fourth-order valence-corrected chi connectivity index (χ4v) is 4.73. The van der Waals surface area contributed by atoms with E-state index in [-0.39, 0.29) is 24.2 Å². The van der Waals surface area contributed by atoms with Crippen molar-refractivity contribution in [3.63, 3.8) is 0 Å². The van der Waals surface area contributed by atoms with Crippen molar-refractivity contribution >= 4 is 37.9 Å². The molecule has 1 N–H and O–H groups in total. The first kappa shape index (κ1) is 13.1. The fraction of sp³-hybridized carbons (Fsp3) is 0.667. The Morgan fingerprint density at radius 3 is 2.82 bits per heavy atom. The molecule has 1 saturated heterocycles. The van der Waals surface area contributed by atoms with Gasteiger partial charge in [0.05, 0.1) is 23.0 Å². The number of hydrogen-bond acceptors (Lipinski definition) is 6. The molecule has 1 atom stereocenters. The van der Waals surface area contributed by atoms with Crippen LogP contribution in [-0.4, -0.2) is 43.1 Å². The van der Waals surface area contributed by atoms with Gasteiger partial charge in [-0.2, -0.15) is 0 Å². The predicted molar refractivity (Wildman–Crippen MR) is 68.5 cm³/mol. The van der Waals surface area contributed by atoms with Gasteiger partial charge in [-0.15, -0.1) is 0 Å². The third kappa shape index (κ3) is 2.73. The van der Waals surface area contributed by atoms with E-state index in [9.17, 15) is 8.42 Å². The second kappa shape index (κ2) is 4.72. The zero-order valence-electron chi connectivity index (χ0n) is 9.26. The van der Waals surface area contributed by atoms with Crippen molar-refractivity contribution in [2.24, 2.45) is 0 Å². The molecule has 0 radical (unpaired) electrons. The van der Waals surface area contributed by atoms with Gasteiger partial charge in [-0.05, 0) is 6.42 Å². The molecule has 0 aliphatic carbocycles. The number of anilines is 1. The van der Waals surface area contributed by atoms with Crippen LogP contribution in [0.15, 0.2) is 0 Å². The molecule has 2 rings (SSSR count). The van der Waals surface area contributed by atoms with Gasteiger partial charge in [-0.25, -0.2) is 13.4 Å². The summed E-state index contributed by atoms with van der Waals surface area (Å²) in [6.07, 6.45) is 0.616. The van der Waals surface area contributed by atoms with Crippen LogP contribution in [0.25, 0.3) is 0 Å². The summed E-state index contributed by atoms with van der Waals surface area (Å²) >= 11 is 7.14. The van der Waals surface area contributed by atoms with E-state index in [1.54, 1.807) is 0 Å². The number of thiazole rings is 1. The van der Waals surface area contributed by atoms with Gasteiger partial charge in [0.25, 0.3) is 0 Å². The Morgan fingerprint density at radius 1 is 1.65 bits per heavy atom. The monoisotopic (exact) mass is 296 g/mol. The minimum Gasteiger partial charge on any atom is -0.391 e. The lowest BCUT2D eigenvalue weighted by molar-refractivity contribution is 0.285. The van der Waals surface area contributed by atoms with Gasteiger partial charge in [0, 0.05) is 13.1 Å². The van der Waals surface area contributed by atoms with Crippen LogP contribution in [0.5, 0.6) is 0 Å². The molecule has 1 unspecified atom stereocenters. The maximum Gasteiger partial charge on any atom is 0.187 e. The molecular weight excluding hydrogens is 284 g/mol. The van der Waals surface area contributed by atoms with Crippen LogP contribution in [0.1, 0.15) is 11.3 Å². The van der Waals surface area contributed by atoms with E-state index in [2.05, 4.69) is 4.98 Å². The van der Waals surface area contributed by atoms with Crippen molar-refractivity contribution in [3.05, 3.63) is 10.0 Å². The number of hydrogen-bond donors (Lipinski definition) is 1. The van der Waals surface area contributed by atoms with E-state index >= 15 is 0 Å². The van der Waals surface area contributed by atoms with E-state index in [4.69, 9.17) is 16.7 Å². The normalized spacial score (nSPS) is 22.9. The second-order valence-corrected chi connectivity index (χ2v) is 7.69. The van der Waals surface area contributed by atoms with Crippen LogP contribution in [0, 0.1) is 0 Å². The fourth-order valence-electron chi connectivity index (χ4n) is 1.81.